The first-order chi connectivity index (χ1) is 13.0. The van der Waals surface area contributed by atoms with Gasteiger partial charge in [-0.2, -0.15) is 0 Å². The SMILES string of the molecule is CC(=O)c1ccccc1Oc1cc(C(=O)N2CCOCC2)ccc1[N+](=O)[O-]. The Morgan fingerprint density at radius 2 is 1.81 bits per heavy atom. The van der Waals surface area contributed by atoms with Gasteiger partial charge >= 0.3 is 5.69 Å². The predicted octanol–water partition coefficient (Wildman–Crippen LogP) is 3.06. The second-order valence-electron chi connectivity index (χ2n) is 6.00. The maximum Gasteiger partial charge on any atom is 0.311 e. The van der Waals surface area contributed by atoms with E-state index in [4.69, 9.17) is 9.47 Å². The number of para-hydroxylation sites is 1. The van der Waals surface area contributed by atoms with Crippen LogP contribution < -0.4 is 4.74 Å². The zero-order valence-corrected chi connectivity index (χ0v) is 14.7. The lowest BCUT2D eigenvalue weighted by Gasteiger charge is -2.27. The maximum absolute atomic E-state index is 12.7. The van der Waals surface area contributed by atoms with Crippen LogP contribution in [0.2, 0.25) is 0 Å². The van der Waals surface area contributed by atoms with E-state index in [-0.39, 0.29) is 34.4 Å². The van der Waals surface area contributed by atoms with Crippen LogP contribution in [-0.2, 0) is 4.74 Å². The van der Waals surface area contributed by atoms with Gasteiger partial charge in [0.25, 0.3) is 5.91 Å². The number of ether oxygens (including phenoxy) is 2. The van der Waals surface area contributed by atoms with Crippen molar-refractivity contribution in [1.82, 2.24) is 4.90 Å². The van der Waals surface area contributed by atoms with Crippen molar-refractivity contribution >= 4 is 17.4 Å². The fraction of sp³-hybridized carbons (Fsp3) is 0.263. The molecule has 1 aliphatic heterocycles. The van der Waals surface area contributed by atoms with Gasteiger partial charge in [0.05, 0.1) is 23.7 Å². The molecule has 0 saturated carbocycles. The first kappa shape index (κ1) is 18.5. The maximum atomic E-state index is 12.7. The van der Waals surface area contributed by atoms with Gasteiger partial charge in [-0.25, -0.2) is 0 Å². The molecule has 0 N–H and O–H groups in total. The number of ketones is 1. The lowest BCUT2D eigenvalue weighted by Crippen LogP contribution is -2.40. The standard InChI is InChI=1S/C19H18N2O6/c1-13(22)15-4-2-3-5-17(15)27-18-12-14(6-7-16(18)21(24)25)19(23)20-8-10-26-11-9-20/h2-7,12H,8-11H2,1H3. The quantitative estimate of drug-likeness (QED) is 0.456. The Labute approximate surface area is 155 Å². The van der Waals surface area contributed by atoms with E-state index in [9.17, 15) is 19.7 Å². The van der Waals surface area contributed by atoms with Crippen molar-refractivity contribution in [2.75, 3.05) is 26.3 Å². The number of amides is 1. The molecule has 1 saturated heterocycles. The van der Waals surface area contributed by atoms with Crippen molar-refractivity contribution in [3.05, 3.63) is 63.7 Å². The number of morpholine rings is 1. The molecule has 0 aliphatic carbocycles. The minimum atomic E-state index is -0.589. The average molecular weight is 370 g/mol. The number of rotatable bonds is 5. The lowest BCUT2D eigenvalue weighted by atomic mass is 10.1. The van der Waals surface area contributed by atoms with Crippen molar-refractivity contribution in [2.45, 2.75) is 6.92 Å². The number of carbonyl (C=O) groups is 2. The van der Waals surface area contributed by atoms with Crippen molar-refractivity contribution in [3.8, 4) is 11.5 Å². The zero-order chi connectivity index (χ0) is 19.4. The highest BCUT2D eigenvalue weighted by Crippen LogP contribution is 2.34. The van der Waals surface area contributed by atoms with E-state index < -0.39 is 4.92 Å². The van der Waals surface area contributed by atoms with Crippen LogP contribution in [0.25, 0.3) is 0 Å². The van der Waals surface area contributed by atoms with Crippen molar-refractivity contribution in [3.63, 3.8) is 0 Å². The summed E-state index contributed by atoms with van der Waals surface area (Å²) in [6.45, 7) is 3.20. The van der Waals surface area contributed by atoms with Crippen LogP contribution in [0.3, 0.4) is 0 Å². The van der Waals surface area contributed by atoms with E-state index in [2.05, 4.69) is 0 Å². The van der Waals surface area contributed by atoms with Gasteiger partial charge in [0.1, 0.15) is 5.75 Å². The van der Waals surface area contributed by atoms with Gasteiger partial charge in [-0.05, 0) is 25.1 Å². The highest BCUT2D eigenvalue weighted by molar-refractivity contribution is 5.97. The van der Waals surface area contributed by atoms with Crippen LogP contribution in [0.5, 0.6) is 11.5 Å². The Bertz CT molecular complexity index is 890. The molecule has 0 radical (unpaired) electrons. The molecule has 2 aromatic carbocycles. The zero-order valence-electron chi connectivity index (χ0n) is 14.7. The molecule has 2 aromatic rings. The fourth-order valence-corrected chi connectivity index (χ4v) is 2.79. The highest BCUT2D eigenvalue weighted by atomic mass is 16.6. The number of nitro benzene ring substituents is 1. The molecule has 0 unspecified atom stereocenters. The smallest absolute Gasteiger partial charge is 0.311 e. The van der Waals surface area contributed by atoms with Crippen molar-refractivity contribution in [2.24, 2.45) is 0 Å². The van der Waals surface area contributed by atoms with Crippen LogP contribution >= 0.6 is 0 Å². The van der Waals surface area contributed by atoms with Crippen LogP contribution in [-0.4, -0.2) is 47.8 Å². The normalized spacial score (nSPS) is 13.9. The number of hydrogen-bond acceptors (Lipinski definition) is 6. The van der Waals surface area contributed by atoms with E-state index in [1.807, 2.05) is 0 Å². The molecule has 1 heterocycles. The highest BCUT2D eigenvalue weighted by Gasteiger charge is 2.24. The van der Waals surface area contributed by atoms with Gasteiger partial charge in [0.15, 0.2) is 5.78 Å². The van der Waals surface area contributed by atoms with E-state index in [0.717, 1.165) is 0 Å². The average Bonchev–Trinajstić information content (AvgIpc) is 2.68. The first-order valence-corrected chi connectivity index (χ1v) is 8.40. The topological polar surface area (TPSA) is 99.0 Å². The third-order valence-corrected chi connectivity index (χ3v) is 4.19. The van der Waals surface area contributed by atoms with Crippen molar-refractivity contribution in [1.29, 1.82) is 0 Å². The summed E-state index contributed by atoms with van der Waals surface area (Å²) >= 11 is 0. The number of hydrogen-bond donors (Lipinski definition) is 0. The summed E-state index contributed by atoms with van der Waals surface area (Å²) in [5, 5.41) is 11.4. The van der Waals surface area contributed by atoms with Crippen LogP contribution in [0, 0.1) is 10.1 Å². The third-order valence-electron chi connectivity index (χ3n) is 4.19. The van der Waals surface area contributed by atoms with Crippen molar-refractivity contribution < 1.29 is 24.0 Å². The second kappa shape index (κ2) is 7.96. The van der Waals surface area contributed by atoms with E-state index in [1.54, 1.807) is 29.2 Å². The number of carbonyl (C=O) groups excluding carboxylic acids is 2. The number of nitro groups is 1. The molecule has 1 aliphatic rings. The molecule has 0 spiro atoms. The van der Waals surface area contributed by atoms with Gasteiger partial charge < -0.3 is 14.4 Å². The molecule has 0 atom stereocenters. The molecular formula is C19H18N2O6. The molecule has 1 amide bonds. The third kappa shape index (κ3) is 4.12. The molecule has 140 valence electrons. The number of nitrogens with zero attached hydrogens (tertiary/aromatic N) is 2. The van der Waals surface area contributed by atoms with Gasteiger partial charge in [-0.3, -0.25) is 19.7 Å². The summed E-state index contributed by atoms with van der Waals surface area (Å²) in [4.78, 5) is 36.8. The molecule has 3 rings (SSSR count). The Balaban J connectivity index is 1.96. The Morgan fingerprint density at radius 3 is 2.48 bits per heavy atom. The molecule has 1 fully saturated rings. The molecule has 0 bridgehead atoms. The summed E-state index contributed by atoms with van der Waals surface area (Å²) in [5.41, 5.74) is 0.293. The summed E-state index contributed by atoms with van der Waals surface area (Å²) in [6, 6.07) is 10.4. The van der Waals surface area contributed by atoms with E-state index in [1.165, 1.54) is 25.1 Å². The first-order valence-electron chi connectivity index (χ1n) is 8.40. The molecule has 8 nitrogen and oxygen atoms in total. The lowest BCUT2D eigenvalue weighted by molar-refractivity contribution is -0.385. The van der Waals surface area contributed by atoms with Crippen LogP contribution in [0.1, 0.15) is 27.6 Å². The van der Waals surface area contributed by atoms with Crippen LogP contribution in [0.4, 0.5) is 5.69 Å². The Hall–Kier alpha value is -3.26. The number of benzene rings is 2. The summed E-state index contributed by atoms with van der Waals surface area (Å²) in [6.07, 6.45) is 0. The Morgan fingerprint density at radius 1 is 1.11 bits per heavy atom. The van der Waals surface area contributed by atoms with Gasteiger partial charge in [-0.15, -0.1) is 0 Å². The summed E-state index contributed by atoms with van der Waals surface area (Å²) < 4.78 is 10.9. The predicted molar refractivity (Wildman–Crippen MR) is 96.3 cm³/mol. The molecule has 27 heavy (non-hydrogen) atoms. The van der Waals surface area contributed by atoms with Gasteiger partial charge in [0, 0.05) is 30.8 Å². The van der Waals surface area contributed by atoms with E-state index in [0.29, 0.717) is 31.9 Å². The largest absolute Gasteiger partial charge is 0.449 e. The Kier molecular flexibility index (Phi) is 5.46. The van der Waals surface area contributed by atoms with Gasteiger partial charge in [0.2, 0.25) is 5.75 Å². The van der Waals surface area contributed by atoms with Crippen LogP contribution in [0.15, 0.2) is 42.5 Å². The fourth-order valence-electron chi connectivity index (χ4n) is 2.79. The minimum Gasteiger partial charge on any atom is -0.449 e. The summed E-state index contributed by atoms with van der Waals surface area (Å²) in [7, 11) is 0. The summed E-state index contributed by atoms with van der Waals surface area (Å²) in [5.74, 6) is -0.372. The molecule has 0 aromatic heterocycles. The number of Topliss-reactive ketones (excluding diaryl/α,β-unsaturated/α-hetero) is 1. The second-order valence-corrected chi connectivity index (χ2v) is 6.00. The van der Waals surface area contributed by atoms with Gasteiger partial charge in [-0.1, -0.05) is 12.1 Å². The van der Waals surface area contributed by atoms with E-state index >= 15 is 0 Å². The molecular weight excluding hydrogens is 352 g/mol. The minimum absolute atomic E-state index is 0.0900. The monoisotopic (exact) mass is 370 g/mol. The molecule has 8 heteroatoms.